The number of hydrogen-bond donors (Lipinski definition) is 2. The standard InChI is InChI=1S/C19H28N4O3/c1-14-6-5-7-15(2)19(14)20-17(25)12-21(4)18(26)13-22-8-10-23(11-9-22)16(3)24/h5-7H,8-13H2,1-4H3,(H,20,25)/p+1. The molecule has 2 rings (SSSR count). The molecule has 7 nitrogen and oxygen atoms in total. The largest absolute Gasteiger partial charge is 0.332 e. The van der Waals surface area contributed by atoms with Crippen LogP contribution < -0.4 is 10.2 Å². The zero-order valence-electron chi connectivity index (χ0n) is 16.1. The first-order chi connectivity index (χ1) is 12.3. The first-order valence-electron chi connectivity index (χ1n) is 8.97. The van der Waals surface area contributed by atoms with Crippen molar-refractivity contribution in [1.29, 1.82) is 0 Å². The Balaban J connectivity index is 1.81. The summed E-state index contributed by atoms with van der Waals surface area (Å²) in [5.74, 6) is -0.182. The number of carbonyl (C=O) groups is 3. The van der Waals surface area contributed by atoms with E-state index in [1.54, 1.807) is 18.9 Å². The lowest BCUT2D eigenvalue weighted by Crippen LogP contribution is -3.15. The Bertz CT molecular complexity index is 661. The summed E-state index contributed by atoms with van der Waals surface area (Å²) in [6.07, 6.45) is 0. The molecule has 0 bridgehead atoms. The van der Waals surface area contributed by atoms with Crippen LogP contribution in [-0.4, -0.2) is 73.8 Å². The topological polar surface area (TPSA) is 74.2 Å². The molecule has 7 heteroatoms. The predicted molar refractivity (Wildman–Crippen MR) is 100 cm³/mol. The van der Waals surface area contributed by atoms with Gasteiger partial charge in [0, 0.05) is 19.7 Å². The molecule has 0 unspecified atom stereocenters. The number of hydrogen-bond acceptors (Lipinski definition) is 3. The van der Waals surface area contributed by atoms with Crippen molar-refractivity contribution in [1.82, 2.24) is 9.80 Å². The molecule has 0 spiro atoms. The fourth-order valence-corrected chi connectivity index (χ4v) is 3.16. The molecule has 1 aromatic rings. The van der Waals surface area contributed by atoms with Crippen molar-refractivity contribution in [3.8, 4) is 0 Å². The number of nitrogens with zero attached hydrogens (tertiary/aromatic N) is 2. The highest BCUT2D eigenvalue weighted by Crippen LogP contribution is 2.19. The molecule has 0 atom stereocenters. The van der Waals surface area contributed by atoms with Crippen LogP contribution in [0.15, 0.2) is 18.2 Å². The van der Waals surface area contributed by atoms with Crippen LogP contribution in [0, 0.1) is 13.8 Å². The van der Waals surface area contributed by atoms with E-state index in [0.717, 1.165) is 34.8 Å². The number of para-hydroxylation sites is 1. The van der Waals surface area contributed by atoms with Gasteiger partial charge in [-0.15, -0.1) is 0 Å². The van der Waals surface area contributed by atoms with E-state index in [0.29, 0.717) is 19.6 Å². The van der Waals surface area contributed by atoms with E-state index in [1.165, 1.54) is 4.90 Å². The van der Waals surface area contributed by atoms with Gasteiger partial charge in [-0.25, -0.2) is 0 Å². The van der Waals surface area contributed by atoms with E-state index in [1.807, 2.05) is 32.0 Å². The molecule has 142 valence electrons. The Kier molecular flexibility index (Phi) is 6.74. The number of benzene rings is 1. The maximum Gasteiger partial charge on any atom is 0.277 e. The van der Waals surface area contributed by atoms with Crippen LogP contribution in [0.2, 0.25) is 0 Å². The molecule has 3 amide bonds. The fraction of sp³-hybridized carbons (Fsp3) is 0.526. The summed E-state index contributed by atoms with van der Waals surface area (Å²) in [6.45, 7) is 8.70. The second-order valence-electron chi connectivity index (χ2n) is 7.00. The van der Waals surface area contributed by atoms with Gasteiger partial charge in [-0.2, -0.15) is 0 Å². The third-order valence-electron chi connectivity index (χ3n) is 4.87. The van der Waals surface area contributed by atoms with Crippen LogP contribution in [-0.2, 0) is 14.4 Å². The number of aryl methyl sites for hydroxylation is 2. The van der Waals surface area contributed by atoms with Gasteiger partial charge in [0.25, 0.3) is 5.91 Å². The van der Waals surface area contributed by atoms with Gasteiger partial charge in [-0.1, -0.05) is 18.2 Å². The van der Waals surface area contributed by atoms with Crippen molar-refractivity contribution in [3.63, 3.8) is 0 Å². The van der Waals surface area contributed by atoms with Gasteiger partial charge in [-0.05, 0) is 25.0 Å². The molecule has 1 aliphatic rings. The number of carbonyl (C=O) groups excluding carboxylic acids is 3. The van der Waals surface area contributed by atoms with Gasteiger partial charge in [0.1, 0.15) is 0 Å². The van der Waals surface area contributed by atoms with Crippen LogP contribution in [0.1, 0.15) is 18.1 Å². The molecular formula is C19H29N4O3+. The Morgan fingerprint density at radius 2 is 1.73 bits per heavy atom. The van der Waals surface area contributed by atoms with Crippen molar-refractivity contribution < 1.29 is 19.3 Å². The third kappa shape index (κ3) is 5.29. The molecule has 0 radical (unpaired) electrons. The van der Waals surface area contributed by atoms with Gasteiger partial charge in [0.2, 0.25) is 11.8 Å². The lowest BCUT2D eigenvalue weighted by atomic mass is 10.1. The monoisotopic (exact) mass is 361 g/mol. The van der Waals surface area contributed by atoms with Crippen molar-refractivity contribution in [3.05, 3.63) is 29.3 Å². The van der Waals surface area contributed by atoms with Gasteiger partial charge < -0.3 is 20.0 Å². The smallest absolute Gasteiger partial charge is 0.277 e. The number of quaternary nitrogens is 1. The van der Waals surface area contributed by atoms with E-state index in [-0.39, 0.29) is 24.3 Å². The van der Waals surface area contributed by atoms with Crippen LogP contribution in [0.5, 0.6) is 0 Å². The zero-order chi connectivity index (χ0) is 19.3. The van der Waals surface area contributed by atoms with Gasteiger partial charge in [0.05, 0.1) is 32.7 Å². The number of amides is 3. The Morgan fingerprint density at radius 1 is 1.15 bits per heavy atom. The number of likely N-dealkylation sites (N-methyl/N-ethyl adjacent to an activating group) is 1. The first-order valence-corrected chi connectivity index (χ1v) is 8.97. The van der Waals surface area contributed by atoms with E-state index in [4.69, 9.17) is 0 Å². The summed E-state index contributed by atoms with van der Waals surface area (Å²) in [4.78, 5) is 40.4. The molecule has 0 aliphatic carbocycles. The summed E-state index contributed by atoms with van der Waals surface area (Å²) in [6, 6.07) is 5.84. The van der Waals surface area contributed by atoms with E-state index >= 15 is 0 Å². The Labute approximate surface area is 154 Å². The number of piperazine rings is 1. The molecule has 1 fully saturated rings. The molecule has 1 aliphatic heterocycles. The minimum Gasteiger partial charge on any atom is -0.332 e. The quantitative estimate of drug-likeness (QED) is 0.739. The Morgan fingerprint density at radius 3 is 2.27 bits per heavy atom. The molecule has 1 saturated heterocycles. The van der Waals surface area contributed by atoms with Crippen molar-refractivity contribution in [2.24, 2.45) is 0 Å². The van der Waals surface area contributed by atoms with Gasteiger partial charge in [0.15, 0.2) is 6.54 Å². The SMILES string of the molecule is CC(=O)N1CC[NH+](CC(=O)N(C)CC(=O)Nc2c(C)cccc2C)CC1. The van der Waals surface area contributed by atoms with Crippen molar-refractivity contribution in [2.75, 3.05) is 51.6 Å². The summed E-state index contributed by atoms with van der Waals surface area (Å²) in [5.41, 5.74) is 2.81. The second kappa shape index (κ2) is 8.80. The molecule has 1 aromatic carbocycles. The molecule has 0 aromatic heterocycles. The van der Waals surface area contributed by atoms with Crippen molar-refractivity contribution in [2.45, 2.75) is 20.8 Å². The Hall–Kier alpha value is -2.41. The van der Waals surface area contributed by atoms with Crippen LogP contribution in [0.25, 0.3) is 0 Å². The van der Waals surface area contributed by atoms with Gasteiger partial charge in [-0.3, -0.25) is 14.4 Å². The van der Waals surface area contributed by atoms with Crippen molar-refractivity contribution >= 4 is 23.4 Å². The summed E-state index contributed by atoms with van der Waals surface area (Å²) >= 11 is 0. The average molecular weight is 361 g/mol. The lowest BCUT2D eigenvalue weighted by molar-refractivity contribution is -0.896. The third-order valence-corrected chi connectivity index (χ3v) is 4.87. The molecule has 26 heavy (non-hydrogen) atoms. The second-order valence-corrected chi connectivity index (χ2v) is 7.00. The predicted octanol–water partition coefficient (Wildman–Crippen LogP) is -0.553. The van der Waals surface area contributed by atoms with E-state index in [2.05, 4.69) is 5.32 Å². The highest BCUT2D eigenvalue weighted by molar-refractivity contribution is 5.95. The number of rotatable bonds is 5. The van der Waals surface area contributed by atoms with Crippen LogP contribution >= 0.6 is 0 Å². The highest BCUT2D eigenvalue weighted by Gasteiger charge is 2.25. The maximum absolute atomic E-state index is 12.4. The minimum absolute atomic E-state index is 0.0272. The molecule has 0 saturated carbocycles. The number of anilines is 1. The number of nitrogens with one attached hydrogen (secondary N) is 2. The maximum atomic E-state index is 12.4. The fourth-order valence-electron chi connectivity index (χ4n) is 3.16. The highest BCUT2D eigenvalue weighted by atomic mass is 16.2. The molecular weight excluding hydrogens is 332 g/mol. The normalized spacial score (nSPS) is 14.8. The zero-order valence-corrected chi connectivity index (χ0v) is 16.1. The minimum atomic E-state index is -0.199. The summed E-state index contributed by atoms with van der Waals surface area (Å²) in [7, 11) is 1.65. The van der Waals surface area contributed by atoms with E-state index in [9.17, 15) is 14.4 Å². The lowest BCUT2D eigenvalue weighted by Gasteiger charge is -2.31. The van der Waals surface area contributed by atoms with Gasteiger partial charge >= 0.3 is 0 Å². The van der Waals surface area contributed by atoms with Crippen LogP contribution in [0.4, 0.5) is 5.69 Å². The van der Waals surface area contributed by atoms with E-state index < -0.39 is 0 Å². The average Bonchev–Trinajstić information content (AvgIpc) is 2.58. The summed E-state index contributed by atoms with van der Waals surface area (Å²) < 4.78 is 0. The van der Waals surface area contributed by atoms with Crippen LogP contribution in [0.3, 0.4) is 0 Å². The first kappa shape index (κ1) is 19.9. The molecule has 1 heterocycles. The summed E-state index contributed by atoms with van der Waals surface area (Å²) in [5, 5.41) is 2.90. The molecule has 2 N–H and O–H groups in total.